The summed E-state index contributed by atoms with van der Waals surface area (Å²) in [5.74, 6) is -0.970. The highest BCUT2D eigenvalue weighted by Gasteiger charge is 2.31. The molecule has 1 aliphatic heterocycles. The van der Waals surface area contributed by atoms with Gasteiger partial charge in [-0.2, -0.15) is 0 Å². The van der Waals surface area contributed by atoms with Crippen LogP contribution in [0.2, 0.25) is 0 Å². The van der Waals surface area contributed by atoms with E-state index in [1.54, 1.807) is 17.3 Å². The second kappa shape index (κ2) is 11.9. The molecule has 0 spiro atoms. The van der Waals surface area contributed by atoms with Crippen LogP contribution in [-0.2, 0) is 9.59 Å². The number of hydrogen-bond donors (Lipinski definition) is 0. The molecule has 5 nitrogen and oxygen atoms in total. The number of thiocarbonyl (C=S) groups is 1. The molecule has 1 aromatic rings. The van der Waals surface area contributed by atoms with E-state index in [0.717, 1.165) is 50.5 Å². The molecule has 0 saturated carbocycles. The van der Waals surface area contributed by atoms with Crippen LogP contribution in [-0.4, -0.2) is 32.6 Å². The standard InChI is InChI=1S/C20H26N2O3S2/c23-18(24)11-7-5-3-1-2-4-6-8-13-22-19(25)17(27-20(22)26)14-16-10-9-12-21-15-16/h9-10,12,14-15H,1-8,11,13H2,(H,23,24)/p-1/b17-14-. The van der Waals surface area contributed by atoms with Gasteiger partial charge in [-0.05, 0) is 37.0 Å². The van der Waals surface area contributed by atoms with E-state index >= 15 is 0 Å². The van der Waals surface area contributed by atoms with Crippen LogP contribution in [0.5, 0.6) is 0 Å². The van der Waals surface area contributed by atoms with Gasteiger partial charge in [-0.3, -0.25) is 14.7 Å². The van der Waals surface area contributed by atoms with E-state index in [1.807, 2.05) is 18.2 Å². The van der Waals surface area contributed by atoms with Gasteiger partial charge in [0.2, 0.25) is 0 Å². The lowest BCUT2D eigenvalue weighted by Crippen LogP contribution is -2.29. The lowest BCUT2D eigenvalue weighted by Gasteiger charge is -2.14. The smallest absolute Gasteiger partial charge is 0.266 e. The van der Waals surface area contributed by atoms with Crippen molar-refractivity contribution in [2.45, 2.75) is 57.8 Å². The lowest BCUT2D eigenvalue weighted by molar-refractivity contribution is -0.305. The Kier molecular flexibility index (Phi) is 9.48. The van der Waals surface area contributed by atoms with Gasteiger partial charge in [0.15, 0.2) is 0 Å². The maximum Gasteiger partial charge on any atom is 0.266 e. The zero-order valence-corrected chi connectivity index (χ0v) is 17.0. The van der Waals surface area contributed by atoms with Crippen molar-refractivity contribution in [2.75, 3.05) is 6.54 Å². The summed E-state index contributed by atoms with van der Waals surface area (Å²) in [6.45, 7) is 0.667. The third-order valence-corrected chi connectivity index (χ3v) is 5.75. The first kappa shape index (κ1) is 21.6. The van der Waals surface area contributed by atoms with Crippen molar-refractivity contribution in [3.8, 4) is 0 Å². The van der Waals surface area contributed by atoms with Crippen LogP contribution in [0.1, 0.15) is 63.4 Å². The monoisotopic (exact) mass is 405 g/mol. The highest BCUT2D eigenvalue weighted by molar-refractivity contribution is 8.26. The Balaban J connectivity index is 1.61. The van der Waals surface area contributed by atoms with Crippen molar-refractivity contribution in [3.05, 3.63) is 35.0 Å². The van der Waals surface area contributed by atoms with Gasteiger partial charge in [0.05, 0.1) is 4.91 Å². The zero-order chi connectivity index (χ0) is 19.5. The number of rotatable bonds is 12. The first-order valence-corrected chi connectivity index (χ1v) is 10.7. The molecule has 0 bridgehead atoms. The maximum absolute atomic E-state index is 12.5. The molecule has 0 radical (unpaired) electrons. The summed E-state index contributed by atoms with van der Waals surface area (Å²) in [5, 5.41) is 10.3. The predicted molar refractivity (Wildman–Crippen MR) is 111 cm³/mol. The van der Waals surface area contributed by atoms with Crippen molar-refractivity contribution in [1.29, 1.82) is 0 Å². The number of thioether (sulfide) groups is 1. The minimum absolute atomic E-state index is 0.0122. The summed E-state index contributed by atoms with van der Waals surface area (Å²) in [4.78, 5) is 29.2. The molecule has 0 unspecified atom stereocenters. The van der Waals surface area contributed by atoms with E-state index in [2.05, 4.69) is 4.98 Å². The van der Waals surface area contributed by atoms with Crippen LogP contribution < -0.4 is 5.11 Å². The largest absolute Gasteiger partial charge is 0.550 e. The molecule has 146 valence electrons. The average Bonchev–Trinajstić information content (AvgIpc) is 2.91. The average molecular weight is 406 g/mol. The summed E-state index contributed by atoms with van der Waals surface area (Å²) in [5.41, 5.74) is 0.901. The van der Waals surface area contributed by atoms with Crippen molar-refractivity contribution in [2.24, 2.45) is 0 Å². The number of unbranched alkanes of at least 4 members (excludes halogenated alkanes) is 7. The van der Waals surface area contributed by atoms with E-state index in [0.29, 0.717) is 22.2 Å². The molecular formula is C20H25N2O3S2-. The summed E-state index contributed by atoms with van der Waals surface area (Å²) in [6.07, 6.45) is 13.6. The Bertz CT molecular complexity index is 677. The van der Waals surface area contributed by atoms with E-state index in [9.17, 15) is 14.7 Å². The van der Waals surface area contributed by atoms with Gasteiger partial charge in [0, 0.05) is 24.9 Å². The summed E-state index contributed by atoms with van der Waals surface area (Å²) < 4.78 is 0.628. The molecule has 1 fully saturated rings. The fourth-order valence-electron chi connectivity index (χ4n) is 2.91. The molecule has 1 saturated heterocycles. The molecule has 1 aromatic heterocycles. The highest BCUT2D eigenvalue weighted by Crippen LogP contribution is 2.32. The number of aliphatic carboxylic acids is 1. The Hall–Kier alpha value is -1.73. The number of pyridine rings is 1. The van der Waals surface area contributed by atoms with E-state index in [-0.39, 0.29) is 12.3 Å². The van der Waals surface area contributed by atoms with Crippen molar-refractivity contribution in [1.82, 2.24) is 9.88 Å². The number of hydrogen-bond acceptors (Lipinski definition) is 6. The molecular weight excluding hydrogens is 380 g/mol. The lowest BCUT2D eigenvalue weighted by atomic mass is 10.1. The van der Waals surface area contributed by atoms with Gasteiger partial charge < -0.3 is 9.90 Å². The number of amides is 1. The van der Waals surface area contributed by atoms with Gasteiger partial charge in [-0.15, -0.1) is 0 Å². The number of carboxylic acids is 1. The topological polar surface area (TPSA) is 73.3 Å². The molecule has 2 rings (SSSR count). The zero-order valence-electron chi connectivity index (χ0n) is 15.4. The molecule has 0 aliphatic carbocycles. The van der Waals surface area contributed by atoms with E-state index < -0.39 is 5.97 Å². The Morgan fingerprint density at radius 3 is 2.44 bits per heavy atom. The summed E-state index contributed by atoms with van der Waals surface area (Å²) in [6, 6.07) is 3.76. The number of nitrogens with zero attached hydrogens (tertiary/aromatic N) is 2. The quantitative estimate of drug-likeness (QED) is 0.301. The number of carbonyl (C=O) groups is 2. The molecule has 0 aromatic carbocycles. The maximum atomic E-state index is 12.5. The molecule has 2 heterocycles. The molecule has 1 amide bonds. The van der Waals surface area contributed by atoms with Crippen LogP contribution in [0, 0.1) is 0 Å². The number of aromatic nitrogens is 1. The molecule has 27 heavy (non-hydrogen) atoms. The first-order valence-electron chi connectivity index (χ1n) is 9.43. The third kappa shape index (κ3) is 7.81. The van der Waals surface area contributed by atoms with Gasteiger partial charge in [-0.1, -0.05) is 68.6 Å². The second-order valence-corrected chi connectivity index (χ2v) is 8.25. The fraction of sp³-hybridized carbons (Fsp3) is 0.500. The normalized spacial score (nSPS) is 15.7. The van der Waals surface area contributed by atoms with Crippen molar-refractivity contribution in [3.63, 3.8) is 0 Å². The predicted octanol–water partition coefficient (Wildman–Crippen LogP) is 3.54. The number of carboxylic acid groups (broad SMARTS) is 1. The fourth-order valence-corrected chi connectivity index (χ4v) is 4.21. The molecule has 0 N–H and O–H groups in total. The Morgan fingerprint density at radius 1 is 1.15 bits per heavy atom. The molecule has 7 heteroatoms. The van der Waals surface area contributed by atoms with Gasteiger partial charge >= 0.3 is 0 Å². The minimum atomic E-state index is -0.957. The van der Waals surface area contributed by atoms with Crippen molar-refractivity contribution < 1.29 is 14.7 Å². The molecule has 0 atom stereocenters. The first-order chi connectivity index (χ1) is 13.1. The van der Waals surface area contributed by atoms with Crippen molar-refractivity contribution >= 4 is 46.3 Å². The highest BCUT2D eigenvalue weighted by atomic mass is 32.2. The van der Waals surface area contributed by atoms with Crippen LogP contribution in [0.3, 0.4) is 0 Å². The Morgan fingerprint density at radius 2 is 1.81 bits per heavy atom. The Labute approximate surface area is 170 Å². The minimum Gasteiger partial charge on any atom is -0.550 e. The second-order valence-electron chi connectivity index (χ2n) is 6.57. The SMILES string of the molecule is O=C([O-])CCCCCCCCCCN1C(=O)/C(=C/c2cccnc2)SC1=S. The van der Waals surface area contributed by atoms with Gasteiger partial charge in [0.1, 0.15) is 4.32 Å². The van der Waals surface area contributed by atoms with Gasteiger partial charge in [0.25, 0.3) is 5.91 Å². The molecule has 1 aliphatic rings. The summed E-state index contributed by atoms with van der Waals surface area (Å²) in [7, 11) is 0. The van der Waals surface area contributed by atoms with Crippen LogP contribution in [0.4, 0.5) is 0 Å². The summed E-state index contributed by atoms with van der Waals surface area (Å²) >= 11 is 6.71. The van der Waals surface area contributed by atoms with E-state index in [4.69, 9.17) is 12.2 Å². The van der Waals surface area contributed by atoms with E-state index in [1.165, 1.54) is 11.8 Å². The van der Waals surface area contributed by atoms with Crippen LogP contribution in [0.25, 0.3) is 6.08 Å². The van der Waals surface area contributed by atoms with Gasteiger partial charge in [-0.25, -0.2) is 0 Å². The van der Waals surface area contributed by atoms with Crippen LogP contribution in [0.15, 0.2) is 29.4 Å². The van der Waals surface area contributed by atoms with Crippen LogP contribution >= 0.6 is 24.0 Å². The third-order valence-electron chi connectivity index (χ3n) is 4.37. The number of carbonyl (C=O) groups excluding carboxylic acids is 2.